The van der Waals surface area contributed by atoms with Gasteiger partial charge in [-0.05, 0) is 52.6 Å². The summed E-state index contributed by atoms with van der Waals surface area (Å²) in [6.07, 6.45) is 5.87. The zero-order valence-electron chi connectivity index (χ0n) is 27.1. The van der Waals surface area contributed by atoms with Gasteiger partial charge in [-0.25, -0.2) is 4.98 Å². The zero-order valence-corrected chi connectivity index (χ0v) is 27.1. The van der Waals surface area contributed by atoms with Crippen molar-refractivity contribution in [3.63, 3.8) is 0 Å². The molecule has 8 nitrogen and oxygen atoms in total. The molecule has 0 spiro atoms. The minimum Gasteiger partial charge on any atom is -0.493 e. The van der Waals surface area contributed by atoms with Gasteiger partial charge in [-0.2, -0.15) is 0 Å². The summed E-state index contributed by atoms with van der Waals surface area (Å²) in [5, 5.41) is 2.93. The van der Waals surface area contributed by atoms with Gasteiger partial charge in [0.15, 0.2) is 17.6 Å². The van der Waals surface area contributed by atoms with E-state index in [9.17, 15) is 9.59 Å². The average Bonchev–Trinajstić information content (AvgIpc) is 3.67. The van der Waals surface area contributed by atoms with E-state index >= 15 is 0 Å². The van der Waals surface area contributed by atoms with Gasteiger partial charge in [0.2, 0.25) is 5.91 Å². The molecule has 1 unspecified atom stereocenters. The quantitative estimate of drug-likeness (QED) is 0.0601. The second-order valence-electron chi connectivity index (χ2n) is 11.3. The van der Waals surface area contributed by atoms with Gasteiger partial charge in [0, 0.05) is 24.8 Å². The Labute approximate surface area is 285 Å². The Kier molecular flexibility index (Phi) is 9.96. The summed E-state index contributed by atoms with van der Waals surface area (Å²) in [5.74, 6) is 0.418. The first-order valence-corrected chi connectivity index (χ1v) is 15.7. The molecule has 49 heavy (non-hydrogen) atoms. The third-order valence-corrected chi connectivity index (χ3v) is 8.11. The first-order valence-electron chi connectivity index (χ1n) is 15.7. The Hall–Kier alpha value is -6.41. The van der Waals surface area contributed by atoms with Crippen molar-refractivity contribution in [2.24, 2.45) is 0 Å². The number of anilines is 1. The van der Waals surface area contributed by atoms with E-state index in [1.54, 1.807) is 48.9 Å². The van der Waals surface area contributed by atoms with E-state index < -0.39 is 17.5 Å². The maximum Gasteiger partial charge on any atom is 0.308 e. The number of rotatable bonds is 12. The maximum atomic E-state index is 13.0. The van der Waals surface area contributed by atoms with Crippen molar-refractivity contribution < 1.29 is 23.8 Å². The number of hydrogen-bond acceptors (Lipinski definition) is 6. The lowest BCUT2D eigenvalue weighted by molar-refractivity contribution is -0.132. The van der Waals surface area contributed by atoms with Crippen LogP contribution in [0.1, 0.15) is 41.0 Å². The van der Waals surface area contributed by atoms with Crippen LogP contribution in [0.15, 0.2) is 152 Å². The smallest absolute Gasteiger partial charge is 0.308 e. The standard InChI is InChI=1S/C41H35N3O5/c1-29(45)48-38-25-30(21-23-37(38)47-2)22-24-39(46)44-34-19-12-20-35(26-34)49-40(36-27-42-28-43-36)41(31-13-6-3-7-14-31,32-15-8-4-9-16-32)33-17-10-5-11-18-33/h3-28,40H,1-2H3,(H,42,43)(H,44,46)/b24-22+. The van der Waals surface area contributed by atoms with Crippen LogP contribution < -0.4 is 19.5 Å². The molecule has 1 amide bonds. The number of carbonyl (C=O) groups excluding carboxylic acids is 2. The first kappa shape index (κ1) is 32.5. The van der Waals surface area contributed by atoms with Crippen LogP contribution in [0.3, 0.4) is 0 Å². The molecule has 0 aliphatic carbocycles. The molecule has 5 aromatic carbocycles. The Morgan fingerprint density at radius 1 is 0.776 bits per heavy atom. The summed E-state index contributed by atoms with van der Waals surface area (Å²) in [6.45, 7) is 1.31. The van der Waals surface area contributed by atoms with E-state index in [0.717, 1.165) is 22.4 Å². The number of amides is 1. The summed E-state index contributed by atoms with van der Waals surface area (Å²) < 4.78 is 17.5. The molecule has 1 atom stereocenters. The first-order chi connectivity index (χ1) is 24.0. The molecule has 0 aliphatic rings. The lowest BCUT2D eigenvalue weighted by Crippen LogP contribution is -2.39. The molecule has 1 heterocycles. The lowest BCUT2D eigenvalue weighted by atomic mass is 9.65. The van der Waals surface area contributed by atoms with Gasteiger partial charge in [0.1, 0.15) is 5.75 Å². The van der Waals surface area contributed by atoms with Crippen LogP contribution in [-0.4, -0.2) is 29.0 Å². The number of nitrogens with zero attached hydrogens (tertiary/aromatic N) is 1. The molecule has 0 saturated carbocycles. The average molecular weight is 650 g/mol. The van der Waals surface area contributed by atoms with Crippen molar-refractivity contribution >= 4 is 23.6 Å². The molecule has 6 aromatic rings. The molecule has 6 rings (SSSR count). The van der Waals surface area contributed by atoms with E-state index in [-0.39, 0.29) is 11.7 Å². The summed E-state index contributed by atoms with van der Waals surface area (Å²) in [4.78, 5) is 32.3. The molecule has 244 valence electrons. The number of nitrogens with one attached hydrogen (secondary N) is 2. The molecule has 0 radical (unpaired) electrons. The lowest BCUT2D eigenvalue weighted by Gasteiger charge is -2.42. The van der Waals surface area contributed by atoms with Crippen LogP contribution in [0.4, 0.5) is 5.69 Å². The van der Waals surface area contributed by atoms with Crippen molar-refractivity contribution in [3.8, 4) is 17.2 Å². The van der Waals surface area contributed by atoms with Crippen LogP contribution in [-0.2, 0) is 15.0 Å². The van der Waals surface area contributed by atoms with Gasteiger partial charge in [-0.1, -0.05) is 103 Å². The number of esters is 1. The van der Waals surface area contributed by atoms with E-state index in [2.05, 4.69) is 51.7 Å². The van der Waals surface area contributed by atoms with Crippen molar-refractivity contribution in [2.75, 3.05) is 12.4 Å². The molecule has 0 bridgehead atoms. The van der Waals surface area contributed by atoms with Gasteiger partial charge in [-0.3, -0.25) is 9.59 Å². The van der Waals surface area contributed by atoms with Crippen molar-refractivity contribution in [3.05, 3.63) is 180 Å². The van der Waals surface area contributed by atoms with Crippen molar-refractivity contribution in [1.29, 1.82) is 0 Å². The summed E-state index contributed by atoms with van der Waals surface area (Å²) in [5.41, 5.74) is 4.30. The van der Waals surface area contributed by atoms with Gasteiger partial charge < -0.3 is 24.5 Å². The minimum absolute atomic E-state index is 0.270. The monoisotopic (exact) mass is 649 g/mol. The van der Waals surface area contributed by atoms with Gasteiger partial charge in [0.25, 0.3) is 0 Å². The van der Waals surface area contributed by atoms with E-state index in [0.29, 0.717) is 22.7 Å². The highest BCUT2D eigenvalue weighted by Crippen LogP contribution is 2.50. The predicted octanol–water partition coefficient (Wildman–Crippen LogP) is 8.15. The molecule has 0 saturated heterocycles. The topological polar surface area (TPSA) is 103 Å². The fourth-order valence-electron chi connectivity index (χ4n) is 6.02. The maximum absolute atomic E-state index is 13.0. The molecular formula is C41H35N3O5. The zero-order chi connectivity index (χ0) is 34.1. The molecule has 1 aromatic heterocycles. The number of ether oxygens (including phenoxy) is 3. The summed E-state index contributed by atoms with van der Waals surface area (Å²) >= 11 is 0. The fraction of sp³-hybridized carbons (Fsp3) is 0.0976. The van der Waals surface area contributed by atoms with Crippen LogP contribution >= 0.6 is 0 Å². The molecule has 8 heteroatoms. The highest BCUT2D eigenvalue weighted by atomic mass is 16.6. The number of benzene rings is 5. The number of H-pyrrole nitrogens is 1. The van der Waals surface area contributed by atoms with E-state index in [1.807, 2.05) is 66.7 Å². The Morgan fingerprint density at radius 2 is 1.41 bits per heavy atom. The van der Waals surface area contributed by atoms with E-state index in [1.165, 1.54) is 20.1 Å². The Balaban J connectivity index is 1.35. The summed E-state index contributed by atoms with van der Waals surface area (Å²) in [7, 11) is 1.49. The molecule has 2 N–H and O–H groups in total. The number of methoxy groups -OCH3 is 1. The highest BCUT2D eigenvalue weighted by Gasteiger charge is 2.47. The van der Waals surface area contributed by atoms with Crippen LogP contribution in [0, 0.1) is 0 Å². The van der Waals surface area contributed by atoms with Gasteiger partial charge in [-0.15, -0.1) is 0 Å². The third-order valence-electron chi connectivity index (χ3n) is 8.11. The Bertz CT molecular complexity index is 1930. The number of imidazole rings is 1. The van der Waals surface area contributed by atoms with E-state index in [4.69, 9.17) is 14.2 Å². The normalized spacial score (nSPS) is 11.9. The largest absolute Gasteiger partial charge is 0.493 e. The number of aromatic amines is 1. The SMILES string of the molecule is COc1ccc(/C=C/C(=O)Nc2cccc(OC(c3cnc[nH]3)C(c3ccccc3)(c3ccccc3)c3ccccc3)c2)cc1OC(C)=O. The van der Waals surface area contributed by atoms with Gasteiger partial charge >= 0.3 is 5.97 Å². The van der Waals surface area contributed by atoms with Crippen LogP contribution in [0.2, 0.25) is 0 Å². The number of hydrogen-bond donors (Lipinski definition) is 2. The van der Waals surface area contributed by atoms with Gasteiger partial charge in [0.05, 0.1) is 30.7 Å². The number of aromatic nitrogens is 2. The molecule has 0 aliphatic heterocycles. The second kappa shape index (κ2) is 15.0. The minimum atomic E-state index is -0.804. The predicted molar refractivity (Wildman–Crippen MR) is 190 cm³/mol. The van der Waals surface area contributed by atoms with Crippen molar-refractivity contribution in [2.45, 2.75) is 18.4 Å². The summed E-state index contributed by atoms with van der Waals surface area (Å²) in [6, 6.07) is 43.3. The van der Waals surface area contributed by atoms with Crippen molar-refractivity contribution in [1.82, 2.24) is 9.97 Å². The molecule has 0 fully saturated rings. The number of carbonyl (C=O) groups is 2. The van der Waals surface area contributed by atoms with Crippen LogP contribution in [0.5, 0.6) is 17.2 Å². The second-order valence-corrected chi connectivity index (χ2v) is 11.3. The highest BCUT2D eigenvalue weighted by molar-refractivity contribution is 6.02. The third kappa shape index (κ3) is 7.29. The van der Waals surface area contributed by atoms with Crippen LogP contribution in [0.25, 0.3) is 6.08 Å². The fourth-order valence-corrected chi connectivity index (χ4v) is 6.02. The molecular weight excluding hydrogens is 614 g/mol. The Morgan fingerprint density at radius 3 is 1.96 bits per heavy atom.